The lowest BCUT2D eigenvalue weighted by Crippen LogP contribution is -2.59. The van der Waals surface area contributed by atoms with Gasteiger partial charge in [0.1, 0.15) is 24.1 Å². The molecule has 0 amide bonds. The minimum absolute atomic E-state index is 0.497. The van der Waals surface area contributed by atoms with Crippen molar-refractivity contribution in [3.63, 3.8) is 0 Å². The van der Waals surface area contributed by atoms with Gasteiger partial charge in [0, 0.05) is 4.43 Å². The SMILES string of the molecule is CCc1ccc(O[C@H]2O[C@@H](CI)[C@H](O)[C@@H](O)[C@@H]2O)cc1. The fourth-order valence-electron chi connectivity index (χ4n) is 2.08. The molecule has 0 aliphatic carbocycles. The molecular formula is C14H19IO5. The topological polar surface area (TPSA) is 79.2 Å². The van der Waals surface area contributed by atoms with Crippen LogP contribution in [0.4, 0.5) is 0 Å². The highest BCUT2D eigenvalue weighted by atomic mass is 127. The first-order valence-corrected chi connectivity index (χ1v) is 8.10. The second-order valence-corrected chi connectivity index (χ2v) is 5.67. The van der Waals surface area contributed by atoms with Crippen molar-refractivity contribution in [3.05, 3.63) is 29.8 Å². The number of alkyl halides is 1. The van der Waals surface area contributed by atoms with Gasteiger partial charge in [-0.15, -0.1) is 0 Å². The maximum atomic E-state index is 9.92. The molecule has 2 rings (SSSR count). The van der Waals surface area contributed by atoms with E-state index >= 15 is 0 Å². The van der Waals surface area contributed by atoms with Gasteiger partial charge in [-0.2, -0.15) is 0 Å². The van der Waals surface area contributed by atoms with E-state index in [1.807, 2.05) is 12.1 Å². The number of rotatable bonds is 4. The minimum atomic E-state index is -1.28. The molecule has 1 aromatic rings. The van der Waals surface area contributed by atoms with Gasteiger partial charge >= 0.3 is 0 Å². The zero-order valence-corrected chi connectivity index (χ0v) is 13.3. The summed E-state index contributed by atoms with van der Waals surface area (Å²) in [5.41, 5.74) is 1.18. The van der Waals surface area contributed by atoms with Crippen LogP contribution in [0, 0.1) is 0 Å². The Kier molecular flexibility index (Phi) is 5.62. The third kappa shape index (κ3) is 3.43. The van der Waals surface area contributed by atoms with Crippen LogP contribution in [0.5, 0.6) is 5.75 Å². The van der Waals surface area contributed by atoms with Gasteiger partial charge in [-0.25, -0.2) is 0 Å². The smallest absolute Gasteiger partial charge is 0.229 e. The van der Waals surface area contributed by atoms with E-state index in [1.165, 1.54) is 5.56 Å². The highest BCUT2D eigenvalue weighted by Gasteiger charge is 2.44. The van der Waals surface area contributed by atoms with E-state index in [0.29, 0.717) is 10.2 Å². The summed E-state index contributed by atoms with van der Waals surface area (Å²) in [6.45, 7) is 2.06. The van der Waals surface area contributed by atoms with E-state index in [2.05, 4.69) is 29.5 Å². The van der Waals surface area contributed by atoms with E-state index in [1.54, 1.807) is 12.1 Å². The maximum Gasteiger partial charge on any atom is 0.229 e. The monoisotopic (exact) mass is 394 g/mol. The quantitative estimate of drug-likeness (QED) is 0.522. The Morgan fingerprint density at radius 3 is 2.30 bits per heavy atom. The highest BCUT2D eigenvalue weighted by Crippen LogP contribution is 2.25. The summed E-state index contributed by atoms with van der Waals surface area (Å²) in [6.07, 6.45) is -4.28. The molecule has 1 aromatic carbocycles. The van der Waals surface area contributed by atoms with Gasteiger partial charge in [-0.05, 0) is 24.1 Å². The Morgan fingerprint density at radius 1 is 1.10 bits per heavy atom. The lowest BCUT2D eigenvalue weighted by Gasteiger charge is -2.39. The van der Waals surface area contributed by atoms with Crippen LogP contribution in [-0.4, -0.2) is 50.5 Å². The molecule has 0 unspecified atom stereocenters. The summed E-state index contributed by atoms with van der Waals surface area (Å²) in [4.78, 5) is 0. The van der Waals surface area contributed by atoms with Gasteiger partial charge in [-0.3, -0.25) is 0 Å². The largest absolute Gasteiger partial charge is 0.462 e. The summed E-state index contributed by atoms with van der Waals surface area (Å²) in [5.74, 6) is 0.557. The van der Waals surface area contributed by atoms with Gasteiger partial charge in [0.2, 0.25) is 6.29 Å². The van der Waals surface area contributed by atoms with Crippen LogP contribution in [-0.2, 0) is 11.2 Å². The zero-order chi connectivity index (χ0) is 14.7. The average Bonchev–Trinajstić information content (AvgIpc) is 2.48. The molecule has 1 fully saturated rings. The van der Waals surface area contributed by atoms with Crippen LogP contribution in [0.25, 0.3) is 0 Å². The second kappa shape index (κ2) is 7.04. The van der Waals surface area contributed by atoms with Crippen LogP contribution in [0.2, 0.25) is 0 Å². The van der Waals surface area contributed by atoms with E-state index < -0.39 is 30.7 Å². The fraction of sp³-hybridized carbons (Fsp3) is 0.571. The predicted molar refractivity (Wildman–Crippen MR) is 82.0 cm³/mol. The normalized spacial score (nSPS) is 34.0. The van der Waals surface area contributed by atoms with Crippen molar-refractivity contribution in [2.45, 2.75) is 44.1 Å². The standard InChI is InChI=1S/C14H19IO5/c1-2-8-3-5-9(6-4-8)19-14-13(18)12(17)11(16)10(7-15)20-14/h3-6,10-14,16-18H,2,7H2,1H3/t10-,11-,12+,13-,14-/m0/s1. The highest BCUT2D eigenvalue weighted by molar-refractivity contribution is 14.1. The molecule has 5 atom stereocenters. The molecule has 3 N–H and O–H groups in total. The van der Waals surface area contributed by atoms with Crippen LogP contribution in [0.3, 0.4) is 0 Å². The first-order valence-electron chi connectivity index (χ1n) is 6.58. The first-order chi connectivity index (χ1) is 9.56. The molecular weight excluding hydrogens is 375 g/mol. The second-order valence-electron chi connectivity index (χ2n) is 4.78. The molecule has 1 heterocycles. The molecule has 20 heavy (non-hydrogen) atoms. The van der Waals surface area contributed by atoms with Crippen LogP contribution in [0.15, 0.2) is 24.3 Å². The summed E-state index contributed by atoms with van der Waals surface area (Å²) in [7, 11) is 0. The molecule has 6 heteroatoms. The predicted octanol–water partition coefficient (Wildman–Crippen LogP) is 0.870. The van der Waals surface area contributed by atoms with Crippen molar-refractivity contribution in [2.24, 2.45) is 0 Å². The van der Waals surface area contributed by atoms with Crippen molar-refractivity contribution >= 4 is 22.6 Å². The zero-order valence-electron chi connectivity index (χ0n) is 11.1. The number of halogens is 1. The molecule has 112 valence electrons. The van der Waals surface area contributed by atoms with Crippen molar-refractivity contribution in [2.75, 3.05) is 4.43 Å². The van der Waals surface area contributed by atoms with Gasteiger partial charge < -0.3 is 24.8 Å². The van der Waals surface area contributed by atoms with Gasteiger partial charge in [-0.1, -0.05) is 41.6 Å². The summed E-state index contributed by atoms with van der Waals surface area (Å²) < 4.78 is 11.6. The lowest BCUT2D eigenvalue weighted by atomic mass is 10.00. The number of hydrogen-bond acceptors (Lipinski definition) is 5. The maximum absolute atomic E-state index is 9.92. The Balaban J connectivity index is 2.06. The summed E-state index contributed by atoms with van der Waals surface area (Å²) >= 11 is 2.06. The van der Waals surface area contributed by atoms with E-state index in [-0.39, 0.29) is 0 Å². The Bertz CT molecular complexity index is 422. The van der Waals surface area contributed by atoms with Crippen LogP contribution < -0.4 is 4.74 Å². The van der Waals surface area contributed by atoms with Gasteiger partial charge in [0.25, 0.3) is 0 Å². The number of benzene rings is 1. The van der Waals surface area contributed by atoms with Crippen molar-refractivity contribution in [1.29, 1.82) is 0 Å². The van der Waals surface area contributed by atoms with E-state index in [9.17, 15) is 15.3 Å². The third-order valence-electron chi connectivity index (χ3n) is 3.40. The molecule has 0 saturated carbocycles. The lowest BCUT2D eigenvalue weighted by molar-refractivity contribution is -0.266. The number of aliphatic hydroxyl groups is 3. The van der Waals surface area contributed by atoms with Crippen molar-refractivity contribution in [3.8, 4) is 5.75 Å². The number of aliphatic hydroxyl groups excluding tert-OH is 3. The molecule has 0 bridgehead atoms. The number of ether oxygens (including phenoxy) is 2. The Morgan fingerprint density at radius 2 is 1.75 bits per heavy atom. The third-order valence-corrected chi connectivity index (χ3v) is 4.27. The molecule has 0 spiro atoms. The van der Waals surface area contributed by atoms with Crippen LogP contribution in [0.1, 0.15) is 12.5 Å². The molecule has 1 saturated heterocycles. The summed E-state index contributed by atoms with van der Waals surface area (Å²) in [6, 6.07) is 7.47. The van der Waals surface area contributed by atoms with Crippen LogP contribution >= 0.6 is 22.6 Å². The number of hydrogen-bond donors (Lipinski definition) is 3. The molecule has 5 nitrogen and oxygen atoms in total. The molecule has 1 aliphatic heterocycles. The molecule has 0 radical (unpaired) electrons. The van der Waals surface area contributed by atoms with Gasteiger partial charge in [0.05, 0.1) is 6.10 Å². The van der Waals surface area contributed by atoms with Crippen molar-refractivity contribution < 1.29 is 24.8 Å². The summed E-state index contributed by atoms with van der Waals surface area (Å²) in [5, 5.41) is 29.5. The number of aryl methyl sites for hydroxylation is 1. The average molecular weight is 394 g/mol. The van der Waals surface area contributed by atoms with Gasteiger partial charge in [0.15, 0.2) is 0 Å². The van der Waals surface area contributed by atoms with E-state index in [4.69, 9.17) is 9.47 Å². The van der Waals surface area contributed by atoms with E-state index in [0.717, 1.165) is 6.42 Å². The van der Waals surface area contributed by atoms with Crippen molar-refractivity contribution in [1.82, 2.24) is 0 Å². The Hall–Kier alpha value is -0.410. The molecule has 0 aromatic heterocycles. The Labute approximate surface area is 131 Å². The fourth-order valence-corrected chi connectivity index (χ4v) is 2.81. The minimum Gasteiger partial charge on any atom is -0.462 e. The molecule has 1 aliphatic rings. The first kappa shape index (κ1) is 16.0.